The first-order chi connectivity index (χ1) is 10.4. The summed E-state index contributed by atoms with van der Waals surface area (Å²) in [6.07, 6.45) is -2.89. The van der Waals surface area contributed by atoms with Crippen LogP contribution in [0.3, 0.4) is 0 Å². The molecule has 0 bridgehead atoms. The molecule has 0 aliphatic carbocycles. The number of anilines is 1. The molecule has 2 aromatic rings. The smallest absolute Gasteiger partial charge is 0.381 e. The summed E-state index contributed by atoms with van der Waals surface area (Å²) in [4.78, 5) is 0. The fraction of sp³-hybridized carbons (Fsp3) is 0.400. The van der Waals surface area contributed by atoms with Crippen LogP contribution in [0.5, 0.6) is 0 Å². The van der Waals surface area contributed by atoms with Gasteiger partial charge < -0.3 is 11.1 Å². The van der Waals surface area contributed by atoms with E-state index in [1.807, 2.05) is 13.8 Å². The van der Waals surface area contributed by atoms with Gasteiger partial charge in [-0.1, -0.05) is 26.0 Å². The van der Waals surface area contributed by atoms with E-state index in [9.17, 15) is 13.2 Å². The molecule has 3 N–H and O–H groups in total. The van der Waals surface area contributed by atoms with Crippen molar-refractivity contribution in [1.82, 2.24) is 9.78 Å². The molecule has 0 saturated carbocycles. The second kappa shape index (κ2) is 6.39. The zero-order valence-electron chi connectivity index (χ0n) is 12.5. The molecule has 0 saturated heterocycles. The standard InChI is InChI=1S/C15H19F3N4/c1-10(2)14-12(20-8-7-19)9-21-22(14)13-6-4-3-5-11(13)15(16,17)18/h3-6,9-10,20H,7-8,19H2,1-2H3. The third-order valence-electron chi connectivity index (χ3n) is 3.25. The predicted molar refractivity (Wildman–Crippen MR) is 80.2 cm³/mol. The van der Waals surface area contributed by atoms with E-state index in [0.717, 1.165) is 6.07 Å². The highest BCUT2D eigenvalue weighted by Gasteiger charge is 2.34. The number of halogens is 3. The van der Waals surface area contributed by atoms with Gasteiger partial charge in [-0.05, 0) is 18.1 Å². The third kappa shape index (κ3) is 3.24. The Kier molecular flexibility index (Phi) is 4.75. The summed E-state index contributed by atoms with van der Waals surface area (Å²) in [5.41, 5.74) is 6.19. The summed E-state index contributed by atoms with van der Waals surface area (Å²) in [6.45, 7) is 4.79. The molecular formula is C15H19F3N4. The van der Waals surface area contributed by atoms with E-state index in [4.69, 9.17) is 5.73 Å². The van der Waals surface area contributed by atoms with Crippen LogP contribution in [0.1, 0.15) is 31.0 Å². The normalized spacial score (nSPS) is 12.0. The van der Waals surface area contributed by atoms with Gasteiger partial charge in [0, 0.05) is 13.1 Å². The van der Waals surface area contributed by atoms with Crippen molar-refractivity contribution in [3.63, 3.8) is 0 Å². The molecule has 0 radical (unpaired) electrons. The second-order valence-electron chi connectivity index (χ2n) is 5.24. The fourth-order valence-corrected chi connectivity index (χ4v) is 2.35. The Morgan fingerprint density at radius 2 is 1.95 bits per heavy atom. The molecule has 0 fully saturated rings. The van der Waals surface area contributed by atoms with Gasteiger partial charge in [0.1, 0.15) is 0 Å². The van der Waals surface area contributed by atoms with Crippen molar-refractivity contribution in [2.75, 3.05) is 18.4 Å². The number of hydrogen-bond donors (Lipinski definition) is 2. The highest BCUT2D eigenvalue weighted by Crippen LogP contribution is 2.36. The van der Waals surface area contributed by atoms with Crippen LogP contribution in [-0.2, 0) is 6.18 Å². The molecular weight excluding hydrogens is 293 g/mol. The van der Waals surface area contributed by atoms with Crippen molar-refractivity contribution in [3.8, 4) is 5.69 Å². The largest absolute Gasteiger partial charge is 0.418 e. The quantitative estimate of drug-likeness (QED) is 0.890. The van der Waals surface area contributed by atoms with Gasteiger partial charge in [-0.25, -0.2) is 4.68 Å². The van der Waals surface area contributed by atoms with E-state index in [2.05, 4.69) is 10.4 Å². The summed E-state index contributed by atoms with van der Waals surface area (Å²) >= 11 is 0. The lowest BCUT2D eigenvalue weighted by Gasteiger charge is -2.17. The molecule has 120 valence electrons. The molecule has 4 nitrogen and oxygen atoms in total. The summed E-state index contributed by atoms with van der Waals surface area (Å²) in [6, 6.07) is 5.43. The van der Waals surface area contributed by atoms with Gasteiger partial charge in [-0.2, -0.15) is 18.3 Å². The van der Waals surface area contributed by atoms with Crippen molar-refractivity contribution in [2.45, 2.75) is 25.9 Å². The van der Waals surface area contributed by atoms with Gasteiger partial charge in [-0.3, -0.25) is 0 Å². The number of rotatable bonds is 5. The summed E-state index contributed by atoms with van der Waals surface area (Å²) in [5.74, 6) is 0.00376. The van der Waals surface area contributed by atoms with Crippen LogP contribution in [0.15, 0.2) is 30.5 Å². The second-order valence-corrected chi connectivity index (χ2v) is 5.24. The Balaban J connectivity index is 2.56. The molecule has 0 aliphatic rings. The van der Waals surface area contributed by atoms with Crippen molar-refractivity contribution in [3.05, 3.63) is 41.7 Å². The maximum absolute atomic E-state index is 13.2. The Morgan fingerprint density at radius 1 is 1.27 bits per heavy atom. The van der Waals surface area contributed by atoms with E-state index in [-0.39, 0.29) is 11.6 Å². The lowest BCUT2D eigenvalue weighted by Crippen LogP contribution is -2.16. The van der Waals surface area contributed by atoms with E-state index >= 15 is 0 Å². The summed E-state index contributed by atoms with van der Waals surface area (Å²) in [5, 5.41) is 7.25. The molecule has 0 atom stereocenters. The minimum absolute atomic E-state index is 0.00376. The van der Waals surface area contributed by atoms with E-state index in [1.165, 1.54) is 23.0 Å². The summed E-state index contributed by atoms with van der Waals surface area (Å²) < 4.78 is 41.0. The molecule has 1 aromatic heterocycles. The van der Waals surface area contributed by atoms with Crippen LogP contribution < -0.4 is 11.1 Å². The molecule has 7 heteroatoms. The van der Waals surface area contributed by atoms with E-state index in [1.54, 1.807) is 6.07 Å². The SMILES string of the molecule is CC(C)c1c(NCCN)cnn1-c1ccccc1C(F)(F)F. The molecule has 0 spiro atoms. The van der Waals surface area contributed by atoms with Crippen LogP contribution in [0.4, 0.5) is 18.9 Å². The maximum Gasteiger partial charge on any atom is 0.418 e. The number of aromatic nitrogens is 2. The average Bonchev–Trinajstić information content (AvgIpc) is 2.88. The van der Waals surface area contributed by atoms with Crippen molar-refractivity contribution in [2.24, 2.45) is 5.73 Å². The van der Waals surface area contributed by atoms with Crippen molar-refractivity contribution < 1.29 is 13.2 Å². The van der Waals surface area contributed by atoms with Crippen molar-refractivity contribution >= 4 is 5.69 Å². The molecule has 0 amide bonds. The minimum Gasteiger partial charge on any atom is -0.381 e. The zero-order chi connectivity index (χ0) is 16.3. The predicted octanol–water partition coefficient (Wildman–Crippen LogP) is 3.39. The zero-order valence-corrected chi connectivity index (χ0v) is 12.5. The number of benzene rings is 1. The first kappa shape index (κ1) is 16.4. The lowest BCUT2D eigenvalue weighted by molar-refractivity contribution is -0.137. The van der Waals surface area contributed by atoms with Gasteiger partial charge in [-0.15, -0.1) is 0 Å². The molecule has 0 aliphatic heterocycles. The monoisotopic (exact) mass is 312 g/mol. The maximum atomic E-state index is 13.2. The summed E-state index contributed by atoms with van der Waals surface area (Å²) in [7, 11) is 0. The Morgan fingerprint density at radius 3 is 2.55 bits per heavy atom. The molecule has 1 heterocycles. The number of alkyl halides is 3. The fourth-order valence-electron chi connectivity index (χ4n) is 2.35. The topological polar surface area (TPSA) is 55.9 Å². The van der Waals surface area contributed by atoms with Crippen LogP contribution in [-0.4, -0.2) is 22.9 Å². The molecule has 2 rings (SSSR count). The first-order valence-electron chi connectivity index (χ1n) is 7.04. The van der Waals surface area contributed by atoms with Crippen LogP contribution >= 0.6 is 0 Å². The Hall–Kier alpha value is -2.02. The highest BCUT2D eigenvalue weighted by molar-refractivity contribution is 5.53. The van der Waals surface area contributed by atoms with E-state index in [0.29, 0.717) is 24.5 Å². The number of nitrogens with zero attached hydrogens (tertiary/aromatic N) is 2. The minimum atomic E-state index is -4.43. The first-order valence-corrected chi connectivity index (χ1v) is 7.04. The van der Waals surface area contributed by atoms with Gasteiger partial charge in [0.15, 0.2) is 0 Å². The van der Waals surface area contributed by atoms with Gasteiger partial charge >= 0.3 is 6.18 Å². The molecule has 1 aromatic carbocycles. The van der Waals surface area contributed by atoms with Crippen LogP contribution in [0.25, 0.3) is 5.69 Å². The van der Waals surface area contributed by atoms with Crippen molar-refractivity contribution in [1.29, 1.82) is 0 Å². The molecule has 0 unspecified atom stereocenters. The van der Waals surface area contributed by atoms with Gasteiger partial charge in [0.2, 0.25) is 0 Å². The lowest BCUT2D eigenvalue weighted by atomic mass is 10.1. The Bertz CT molecular complexity index is 632. The van der Waals surface area contributed by atoms with Gasteiger partial charge in [0.25, 0.3) is 0 Å². The number of para-hydroxylation sites is 1. The van der Waals surface area contributed by atoms with Gasteiger partial charge in [0.05, 0.1) is 28.8 Å². The van der Waals surface area contributed by atoms with E-state index < -0.39 is 11.7 Å². The van der Waals surface area contributed by atoms with Crippen LogP contribution in [0.2, 0.25) is 0 Å². The number of nitrogens with one attached hydrogen (secondary N) is 1. The number of nitrogens with two attached hydrogens (primary N) is 1. The molecule has 22 heavy (non-hydrogen) atoms. The third-order valence-corrected chi connectivity index (χ3v) is 3.25. The van der Waals surface area contributed by atoms with Crippen LogP contribution in [0, 0.1) is 0 Å². The Labute approximate surface area is 127 Å². The average molecular weight is 312 g/mol. The number of hydrogen-bond acceptors (Lipinski definition) is 3. The highest BCUT2D eigenvalue weighted by atomic mass is 19.4.